The average Bonchev–Trinajstić information content (AvgIpc) is 2.65. The van der Waals surface area contributed by atoms with Gasteiger partial charge in [-0.3, -0.25) is 0 Å². The maximum Gasteiger partial charge on any atom is 0.455 e. The van der Waals surface area contributed by atoms with E-state index in [4.69, 9.17) is 5.73 Å². The molecule has 0 bridgehead atoms. The minimum Gasteiger partial charge on any atom is -0.399 e. The number of nitrogens with two attached hydrogens (primary N) is 1. The summed E-state index contributed by atoms with van der Waals surface area (Å²) in [5.41, 5.74) is 5.20. The Balaban J connectivity index is 2.44. The van der Waals surface area contributed by atoms with Gasteiger partial charge >= 0.3 is 6.18 Å². The molecule has 17 heavy (non-hydrogen) atoms. The highest BCUT2D eigenvalue weighted by atomic mass is 19.4. The number of anilines is 1. The van der Waals surface area contributed by atoms with Gasteiger partial charge in [0.1, 0.15) is 5.82 Å². The molecule has 2 rings (SSSR count). The summed E-state index contributed by atoms with van der Waals surface area (Å²) in [5, 5.41) is 2.72. The van der Waals surface area contributed by atoms with Crippen LogP contribution in [0.3, 0.4) is 0 Å². The smallest absolute Gasteiger partial charge is 0.399 e. The van der Waals surface area contributed by atoms with Gasteiger partial charge in [0.15, 0.2) is 0 Å². The predicted molar refractivity (Wildman–Crippen MR) is 49.1 cm³/mol. The van der Waals surface area contributed by atoms with E-state index in [9.17, 15) is 17.6 Å². The predicted octanol–water partition coefficient (Wildman–Crippen LogP) is 2.48. The lowest BCUT2D eigenvalue weighted by Crippen LogP contribution is -2.07. The number of aromatic nitrogens is 2. The Morgan fingerprint density at radius 3 is 2.47 bits per heavy atom. The molecule has 90 valence electrons. The fraction of sp³-hybridized carbons (Fsp3) is 0.111. The van der Waals surface area contributed by atoms with Crippen LogP contribution in [0.2, 0.25) is 0 Å². The lowest BCUT2D eigenvalue weighted by atomic mass is 10.2. The molecule has 4 nitrogen and oxygen atoms in total. The molecule has 0 saturated heterocycles. The Morgan fingerprint density at radius 2 is 1.94 bits per heavy atom. The van der Waals surface area contributed by atoms with E-state index in [1.807, 2.05) is 0 Å². The van der Waals surface area contributed by atoms with Crippen molar-refractivity contribution in [2.45, 2.75) is 6.18 Å². The van der Waals surface area contributed by atoms with E-state index in [0.29, 0.717) is 0 Å². The van der Waals surface area contributed by atoms with E-state index in [2.05, 4.69) is 14.7 Å². The largest absolute Gasteiger partial charge is 0.455 e. The van der Waals surface area contributed by atoms with Crippen LogP contribution in [-0.2, 0) is 6.18 Å². The van der Waals surface area contributed by atoms with Crippen LogP contribution >= 0.6 is 0 Å². The molecule has 0 atom stereocenters. The highest BCUT2D eigenvalue weighted by Gasteiger charge is 2.37. The second-order valence-electron chi connectivity index (χ2n) is 3.16. The maximum absolute atomic E-state index is 13.4. The van der Waals surface area contributed by atoms with Gasteiger partial charge in [0, 0.05) is 5.69 Å². The van der Waals surface area contributed by atoms with Gasteiger partial charge in [-0.2, -0.15) is 18.2 Å². The number of alkyl halides is 3. The number of hydrogen-bond donors (Lipinski definition) is 1. The minimum atomic E-state index is -4.73. The first-order valence-corrected chi connectivity index (χ1v) is 4.34. The summed E-state index contributed by atoms with van der Waals surface area (Å²) >= 11 is 0. The minimum absolute atomic E-state index is 0.141. The van der Waals surface area contributed by atoms with Crippen molar-refractivity contribution in [1.29, 1.82) is 0 Å². The molecule has 1 aromatic heterocycles. The lowest BCUT2D eigenvalue weighted by molar-refractivity contribution is -0.146. The summed E-state index contributed by atoms with van der Waals surface area (Å²) in [5.74, 6) is -2.83. The normalized spacial score (nSPS) is 11.8. The SMILES string of the molecule is Nc1ccc(-c2nc(C(F)(F)F)no2)c(F)c1. The van der Waals surface area contributed by atoms with Crippen LogP contribution in [0.5, 0.6) is 0 Å². The molecule has 0 aliphatic rings. The third kappa shape index (κ3) is 2.19. The summed E-state index contributed by atoms with van der Waals surface area (Å²) in [6.45, 7) is 0. The topological polar surface area (TPSA) is 64.9 Å². The van der Waals surface area contributed by atoms with Gasteiger partial charge in [0.25, 0.3) is 11.7 Å². The molecule has 0 fully saturated rings. The van der Waals surface area contributed by atoms with Gasteiger partial charge in [0.05, 0.1) is 5.56 Å². The monoisotopic (exact) mass is 247 g/mol. The second-order valence-corrected chi connectivity index (χ2v) is 3.16. The Hall–Kier alpha value is -2.12. The third-order valence-electron chi connectivity index (χ3n) is 1.90. The molecular formula is C9H5F4N3O. The molecule has 0 radical (unpaired) electrons. The van der Waals surface area contributed by atoms with Crippen LogP contribution in [0.15, 0.2) is 22.7 Å². The Morgan fingerprint density at radius 1 is 1.24 bits per heavy atom. The van der Waals surface area contributed by atoms with Crippen LogP contribution < -0.4 is 5.73 Å². The number of benzene rings is 1. The van der Waals surface area contributed by atoms with Gasteiger partial charge in [-0.05, 0) is 18.2 Å². The molecule has 8 heteroatoms. The highest BCUT2D eigenvalue weighted by molar-refractivity contribution is 5.58. The molecule has 1 heterocycles. The summed E-state index contributed by atoms with van der Waals surface area (Å²) in [7, 11) is 0. The average molecular weight is 247 g/mol. The van der Waals surface area contributed by atoms with Crippen molar-refractivity contribution < 1.29 is 22.1 Å². The van der Waals surface area contributed by atoms with E-state index in [-0.39, 0.29) is 11.3 Å². The van der Waals surface area contributed by atoms with Gasteiger partial charge in [-0.1, -0.05) is 5.16 Å². The first kappa shape index (κ1) is 11.4. The van der Waals surface area contributed by atoms with E-state index in [0.717, 1.165) is 6.07 Å². The zero-order chi connectivity index (χ0) is 12.6. The molecule has 2 N–H and O–H groups in total. The van der Waals surface area contributed by atoms with Crippen LogP contribution in [0.4, 0.5) is 23.2 Å². The second kappa shape index (κ2) is 3.72. The van der Waals surface area contributed by atoms with E-state index >= 15 is 0 Å². The zero-order valence-corrected chi connectivity index (χ0v) is 8.12. The van der Waals surface area contributed by atoms with Crippen molar-refractivity contribution in [3.8, 4) is 11.5 Å². The Kier molecular flexibility index (Phi) is 2.49. The first-order chi connectivity index (χ1) is 7.88. The molecule has 0 spiro atoms. The Labute approximate surface area is 92.0 Å². The van der Waals surface area contributed by atoms with Crippen molar-refractivity contribution in [3.05, 3.63) is 29.8 Å². The molecule has 0 aliphatic heterocycles. The summed E-state index contributed by atoms with van der Waals surface area (Å²) in [4.78, 5) is 3.06. The summed E-state index contributed by atoms with van der Waals surface area (Å²) in [6.07, 6.45) is -4.73. The number of halogens is 4. The Bertz CT molecular complexity index is 549. The lowest BCUT2D eigenvalue weighted by Gasteiger charge is -1.98. The van der Waals surface area contributed by atoms with E-state index in [1.165, 1.54) is 12.1 Å². The van der Waals surface area contributed by atoms with Gasteiger partial charge < -0.3 is 10.3 Å². The molecule has 2 aromatic rings. The van der Waals surface area contributed by atoms with Crippen LogP contribution in [0.1, 0.15) is 5.82 Å². The van der Waals surface area contributed by atoms with Crippen molar-refractivity contribution in [2.75, 3.05) is 5.73 Å². The molecular weight excluding hydrogens is 242 g/mol. The van der Waals surface area contributed by atoms with Gasteiger partial charge in [-0.25, -0.2) is 4.39 Å². The number of hydrogen-bond acceptors (Lipinski definition) is 4. The van der Waals surface area contributed by atoms with Crippen LogP contribution in [0, 0.1) is 5.82 Å². The fourth-order valence-corrected chi connectivity index (χ4v) is 1.15. The maximum atomic E-state index is 13.4. The van der Waals surface area contributed by atoms with Gasteiger partial charge in [-0.15, -0.1) is 0 Å². The standard InChI is InChI=1S/C9H5F4N3O/c10-6-3-4(14)1-2-5(6)7-15-8(16-17-7)9(11,12)13/h1-3H,14H2. The van der Waals surface area contributed by atoms with Crippen molar-refractivity contribution in [3.63, 3.8) is 0 Å². The first-order valence-electron chi connectivity index (χ1n) is 4.34. The van der Waals surface area contributed by atoms with E-state index in [1.54, 1.807) is 0 Å². The van der Waals surface area contributed by atoms with Crippen molar-refractivity contribution in [1.82, 2.24) is 10.1 Å². The molecule has 0 aliphatic carbocycles. The fourth-order valence-electron chi connectivity index (χ4n) is 1.15. The number of nitrogens with zero attached hydrogens (tertiary/aromatic N) is 2. The third-order valence-corrected chi connectivity index (χ3v) is 1.90. The quantitative estimate of drug-likeness (QED) is 0.621. The van der Waals surface area contributed by atoms with E-state index < -0.39 is 23.7 Å². The highest BCUT2D eigenvalue weighted by Crippen LogP contribution is 2.29. The van der Waals surface area contributed by atoms with Crippen LogP contribution in [-0.4, -0.2) is 10.1 Å². The molecule has 0 unspecified atom stereocenters. The molecule has 0 amide bonds. The van der Waals surface area contributed by atoms with Gasteiger partial charge in [0.2, 0.25) is 0 Å². The van der Waals surface area contributed by atoms with Crippen molar-refractivity contribution >= 4 is 5.69 Å². The zero-order valence-electron chi connectivity index (χ0n) is 8.12. The summed E-state index contributed by atoms with van der Waals surface area (Å²) in [6, 6.07) is 3.43. The van der Waals surface area contributed by atoms with Crippen molar-refractivity contribution in [2.24, 2.45) is 0 Å². The molecule has 0 saturated carbocycles. The van der Waals surface area contributed by atoms with Crippen LogP contribution in [0.25, 0.3) is 11.5 Å². The number of nitrogen functional groups attached to an aromatic ring is 1. The summed E-state index contributed by atoms with van der Waals surface area (Å²) < 4.78 is 54.2. The number of rotatable bonds is 1. The molecule has 1 aromatic carbocycles.